The maximum atomic E-state index is 12.3. The van der Waals surface area contributed by atoms with Gasteiger partial charge in [0.1, 0.15) is 5.01 Å². The van der Waals surface area contributed by atoms with Gasteiger partial charge in [-0.05, 0) is 25.0 Å². The first-order chi connectivity index (χ1) is 11.9. The highest BCUT2D eigenvalue weighted by atomic mass is 32.2. The molecule has 0 radical (unpaired) electrons. The molecule has 2 aromatic rings. The second-order valence-electron chi connectivity index (χ2n) is 6.00. The molecule has 134 valence electrons. The number of nitrogens with one attached hydrogen (secondary N) is 1. The molecule has 0 atom stereocenters. The van der Waals surface area contributed by atoms with E-state index < -0.39 is 10.0 Å². The van der Waals surface area contributed by atoms with E-state index in [0.717, 1.165) is 16.4 Å². The van der Waals surface area contributed by atoms with Crippen molar-refractivity contribution in [2.75, 3.05) is 19.3 Å². The maximum Gasteiger partial charge on any atom is 0.223 e. The van der Waals surface area contributed by atoms with Crippen LogP contribution in [0.25, 0.3) is 11.4 Å². The summed E-state index contributed by atoms with van der Waals surface area (Å²) < 4.78 is 24.4. The van der Waals surface area contributed by atoms with Crippen LogP contribution in [-0.2, 0) is 21.4 Å². The summed E-state index contributed by atoms with van der Waals surface area (Å²) in [6.45, 7) is 1.18. The molecule has 0 spiro atoms. The lowest BCUT2D eigenvalue weighted by Crippen LogP contribution is -2.42. The number of rotatable bonds is 5. The summed E-state index contributed by atoms with van der Waals surface area (Å²) in [5.41, 5.74) is 1.61. The molecule has 1 aliphatic heterocycles. The van der Waals surface area contributed by atoms with Crippen LogP contribution in [0.1, 0.15) is 17.8 Å². The smallest absolute Gasteiger partial charge is 0.223 e. The predicted molar refractivity (Wildman–Crippen MR) is 96.3 cm³/mol. The molecule has 1 aliphatic rings. The monoisotopic (exact) mass is 380 g/mol. The summed E-state index contributed by atoms with van der Waals surface area (Å²) in [5.74, 6) is -0.184. The van der Waals surface area contributed by atoms with Crippen LogP contribution in [0, 0.1) is 5.92 Å². The SMILES string of the molecule is CS(=O)(=O)N1CCC(C(=O)NCc2nc(-c3ccccn3)cs2)CC1. The fraction of sp³-hybridized carbons (Fsp3) is 0.438. The van der Waals surface area contributed by atoms with Crippen molar-refractivity contribution >= 4 is 27.3 Å². The Morgan fingerprint density at radius 3 is 2.72 bits per heavy atom. The van der Waals surface area contributed by atoms with Gasteiger partial charge in [0.15, 0.2) is 0 Å². The molecule has 0 saturated carbocycles. The quantitative estimate of drug-likeness (QED) is 0.848. The summed E-state index contributed by atoms with van der Waals surface area (Å²) in [6.07, 6.45) is 4.03. The molecular weight excluding hydrogens is 360 g/mol. The van der Waals surface area contributed by atoms with Gasteiger partial charge in [-0.25, -0.2) is 17.7 Å². The fourth-order valence-electron chi connectivity index (χ4n) is 2.78. The largest absolute Gasteiger partial charge is 0.349 e. The molecule has 0 unspecified atom stereocenters. The van der Waals surface area contributed by atoms with E-state index in [-0.39, 0.29) is 11.8 Å². The van der Waals surface area contributed by atoms with E-state index in [1.54, 1.807) is 6.20 Å². The van der Waals surface area contributed by atoms with Crippen LogP contribution in [0.15, 0.2) is 29.8 Å². The molecular formula is C16H20N4O3S2. The standard InChI is InChI=1S/C16H20N4O3S2/c1-25(22,23)20-8-5-12(6-9-20)16(21)18-10-15-19-14(11-24-15)13-4-2-3-7-17-13/h2-4,7,11-12H,5-6,8-10H2,1H3,(H,18,21). The van der Waals surface area contributed by atoms with Crippen molar-refractivity contribution in [3.05, 3.63) is 34.8 Å². The minimum atomic E-state index is -3.17. The zero-order valence-electron chi connectivity index (χ0n) is 13.9. The van der Waals surface area contributed by atoms with Gasteiger partial charge in [0.25, 0.3) is 0 Å². The number of carbonyl (C=O) groups excluding carboxylic acids is 1. The number of hydrogen-bond acceptors (Lipinski definition) is 6. The van der Waals surface area contributed by atoms with E-state index >= 15 is 0 Å². The van der Waals surface area contributed by atoms with Gasteiger partial charge < -0.3 is 5.32 Å². The average Bonchev–Trinajstić information content (AvgIpc) is 3.09. The van der Waals surface area contributed by atoms with Crippen LogP contribution < -0.4 is 5.32 Å². The third-order valence-electron chi connectivity index (χ3n) is 4.19. The van der Waals surface area contributed by atoms with Gasteiger partial charge in [0, 0.05) is 30.6 Å². The van der Waals surface area contributed by atoms with Gasteiger partial charge in [0.2, 0.25) is 15.9 Å². The Morgan fingerprint density at radius 2 is 2.08 bits per heavy atom. The van der Waals surface area contributed by atoms with Crippen LogP contribution in [0.3, 0.4) is 0 Å². The lowest BCUT2D eigenvalue weighted by atomic mass is 9.97. The summed E-state index contributed by atoms with van der Waals surface area (Å²) >= 11 is 1.48. The van der Waals surface area contributed by atoms with Gasteiger partial charge in [-0.15, -0.1) is 11.3 Å². The van der Waals surface area contributed by atoms with Crippen molar-refractivity contribution in [1.29, 1.82) is 0 Å². The molecule has 9 heteroatoms. The third-order valence-corrected chi connectivity index (χ3v) is 6.34. The van der Waals surface area contributed by atoms with Gasteiger partial charge >= 0.3 is 0 Å². The van der Waals surface area contributed by atoms with Crippen LogP contribution in [0.4, 0.5) is 0 Å². The molecule has 0 bridgehead atoms. The van der Waals surface area contributed by atoms with E-state index in [4.69, 9.17) is 0 Å². The molecule has 2 aromatic heterocycles. The highest BCUT2D eigenvalue weighted by Crippen LogP contribution is 2.21. The number of piperidine rings is 1. The van der Waals surface area contributed by atoms with E-state index in [1.807, 2.05) is 23.6 Å². The van der Waals surface area contributed by atoms with E-state index in [0.29, 0.717) is 32.5 Å². The molecule has 3 heterocycles. The third kappa shape index (κ3) is 4.62. The van der Waals surface area contributed by atoms with E-state index in [1.165, 1.54) is 21.9 Å². The minimum absolute atomic E-state index is 0.0391. The summed E-state index contributed by atoms with van der Waals surface area (Å²) in [6, 6.07) is 5.66. The van der Waals surface area contributed by atoms with Crippen molar-refractivity contribution < 1.29 is 13.2 Å². The van der Waals surface area contributed by atoms with Gasteiger partial charge in [-0.3, -0.25) is 9.78 Å². The zero-order chi connectivity index (χ0) is 17.9. The number of hydrogen-bond donors (Lipinski definition) is 1. The zero-order valence-corrected chi connectivity index (χ0v) is 15.5. The highest BCUT2D eigenvalue weighted by Gasteiger charge is 2.28. The lowest BCUT2D eigenvalue weighted by molar-refractivity contribution is -0.126. The van der Waals surface area contributed by atoms with Crippen LogP contribution in [-0.4, -0.2) is 47.9 Å². The first-order valence-corrected chi connectivity index (χ1v) is 10.7. The lowest BCUT2D eigenvalue weighted by Gasteiger charge is -2.29. The molecule has 0 aromatic carbocycles. The number of pyridine rings is 1. The first-order valence-electron chi connectivity index (χ1n) is 8.02. The Kier molecular flexibility index (Phi) is 5.45. The summed E-state index contributed by atoms with van der Waals surface area (Å²) in [4.78, 5) is 21.0. The van der Waals surface area contributed by atoms with Crippen molar-refractivity contribution in [2.45, 2.75) is 19.4 Å². The normalized spacial score (nSPS) is 16.7. The number of aromatic nitrogens is 2. The van der Waals surface area contributed by atoms with Crippen molar-refractivity contribution in [2.24, 2.45) is 5.92 Å². The van der Waals surface area contributed by atoms with Crippen molar-refractivity contribution in [3.63, 3.8) is 0 Å². The van der Waals surface area contributed by atoms with Gasteiger partial charge in [0.05, 0.1) is 24.2 Å². The Labute approximate surface area is 151 Å². The van der Waals surface area contributed by atoms with Crippen LogP contribution in [0.5, 0.6) is 0 Å². The number of thiazole rings is 1. The second-order valence-corrected chi connectivity index (χ2v) is 8.92. The summed E-state index contributed by atoms with van der Waals surface area (Å²) in [7, 11) is -3.17. The first kappa shape index (κ1) is 18.0. The Bertz CT molecular complexity index is 828. The topological polar surface area (TPSA) is 92.3 Å². The predicted octanol–water partition coefficient (Wildman–Crippen LogP) is 1.49. The number of amides is 1. The summed E-state index contributed by atoms with van der Waals surface area (Å²) in [5, 5.41) is 5.65. The molecule has 3 rings (SSSR count). The molecule has 25 heavy (non-hydrogen) atoms. The molecule has 0 aliphatic carbocycles. The molecule has 1 N–H and O–H groups in total. The molecule has 1 saturated heterocycles. The van der Waals surface area contributed by atoms with Crippen LogP contribution in [0.2, 0.25) is 0 Å². The molecule has 7 nitrogen and oxygen atoms in total. The second kappa shape index (κ2) is 7.59. The van der Waals surface area contributed by atoms with Crippen molar-refractivity contribution in [3.8, 4) is 11.4 Å². The Balaban J connectivity index is 1.51. The average molecular weight is 380 g/mol. The highest BCUT2D eigenvalue weighted by molar-refractivity contribution is 7.88. The molecule has 1 amide bonds. The fourth-order valence-corrected chi connectivity index (χ4v) is 4.38. The van der Waals surface area contributed by atoms with Gasteiger partial charge in [-0.1, -0.05) is 6.07 Å². The van der Waals surface area contributed by atoms with Crippen molar-refractivity contribution in [1.82, 2.24) is 19.6 Å². The van der Waals surface area contributed by atoms with E-state index in [2.05, 4.69) is 15.3 Å². The number of sulfonamides is 1. The maximum absolute atomic E-state index is 12.3. The van der Waals surface area contributed by atoms with Gasteiger partial charge in [-0.2, -0.15) is 0 Å². The number of carbonyl (C=O) groups is 1. The molecule has 1 fully saturated rings. The van der Waals surface area contributed by atoms with Crippen LogP contribution >= 0.6 is 11.3 Å². The number of nitrogens with zero attached hydrogens (tertiary/aromatic N) is 3. The minimum Gasteiger partial charge on any atom is -0.349 e. The Hall–Kier alpha value is -1.84. The Morgan fingerprint density at radius 1 is 1.32 bits per heavy atom. The van der Waals surface area contributed by atoms with E-state index in [9.17, 15) is 13.2 Å².